The van der Waals surface area contributed by atoms with Crippen molar-refractivity contribution in [2.45, 2.75) is 24.6 Å². The maximum Gasteiger partial charge on any atom is 0.284 e. The van der Waals surface area contributed by atoms with Crippen molar-refractivity contribution in [3.8, 4) is 10.8 Å². The van der Waals surface area contributed by atoms with Gasteiger partial charge in [0, 0.05) is 6.54 Å². The number of furan rings is 1. The van der Waals surface area contributed by atoms with Crippen molar-refractivity contribution in [2.24, 2.45) is 0 Å². The fourth-order valence-corrected chi connectivity index (χ4v) is 3.06. The highest BCUT2D eigenvalue weighted by molar-refractivity contribution is 7.98. The first-order valence-electron chi connectivity index (χ1n) is 6.87. The minimum absolute atomic E-state index is 0.172. The van der Waals surface area contributed by atoms with Gasteiger partial charge < -0.3 is 14.2 Å². The second kappa shape index (κ2) is 7.76. The first-order valence-corrected chi connectivity index (χ1v) is 8.80. The van der Waals surface area contributed by atoms with Crippen LogP contribution in [0.3, 0.4) is 0 Å². The molecule has 0 aliphatic carbocycles. The van der Waals surface area contributed by atoms with Crippen LogP contribution in [0.4, 0.5) is 8.78 Å². The van der Waals surface area contributed by atoms with E-state index in [0.717, 1.165) is 10.6 Å². The summed E-state index contributed by atoms with van der Waals surface area (Å²) in [5, 5.41) is 5.16. The maximum absolute atomic E-state index is 12.1. The van der Waals surface area contributed by atoms with Crippen molar-refractivity contribution in [1.29, 1.82) is 0 Å². The summed E-state index contributed by atoms with van der Waals surface area (Å²) in [6, 6.07) is 7.41. The monoisotopic (exact) mass is 356 g/mol. The first kappa shape index (κ1) is 16.2. The van der Waals surface area contributed by atoms with Gasteiger partial charge in [-0.15, -0.1) is 11.3 Å². The minimum Gasteiger partial charge on any atom is -0.464 e. The number of hydrogen-bond donors (Lipinski definition) is 1. The Labute approximate surface area is 139 Å². The van der Waals surface area contributed by atoms with Crippen LogP contribution in [-0.2, 0) is 18.8 Å². The molecule has 1 N–H and O–H groups in total. The highest BCUT2D eigenvalue weighted by Crippen LogP contribution is 2.24. The Morgan fingerprint density at radius 3 is 2.87 bits per heavy atom. The van der Waals surface area contributed by atoms with Crippen molar-refractivity contribution in [1.82, 2.24) is 10.3 Å². The van der Waals surface area contributed by atoms with Gasteiger partial charge in [-0.1, -0.05) is 17.8 Å². The molecule has 8 heteroatoms. The summed E-state index contributed by atoms with van der Waals surface area (Å²) in [5.74, 6) is -0.344. The summed E-state index contributed by atoms with van der Waals surface area (Å²) < 4.78 is 35.1. The second-order valence-corrected chi connectivity index (χ2v) is 6.59. The van der Waals surface area contributed by atoms with Gasteiger partial charge in [-0.3, -0.25) is 0 Å². The molecule has 3 rings (SSSR count). The Kier molecular flexibility index (Phi) is 5.47. The zero-order valence-electron chi connectivity index (χ0n) is 12.0. The smallest absolute Gasteiger partial charge is 0.284 e. The highest BCUT2D eigenvalue weighted by atomic mass is 32.2. The van der Waals surface area contributed by atoms with E-state index in [1.54, 1.807) is 29.7 Å². The molecule has 3 aromatic rings. The Hall–Kier alpha value is -1.64. The molecule has 3 aromatic heterocycles. The molecule has 0 spiro atoms. The lowest BCUT2D eigenvalue weighted by atomic mass is 10.4. The predicted octanol–water partition coefficient (Wildman–Crippen LogP) is 4.74. The maximum atomic E-state index is 12.1. The van der Waals surface area contributed by atoms with Crippen LogP contribution in [0.25, 0.3) is 10.8 Å². The zero-order chi connectivity index (χ0) is 16.1. The molecular formula is C15H14F2N2O2S2. The molecule has 4 nitrogen and oxygen atoms in total. The Bertz CT molecular complexity index is 726. The number of alkyl halides is 2. The van der Waals surface area contributed by atoms with E-state index in [1.807, 2.05) is 17.5 Å². The molecule has 0 aromatic carbocycles. The molecule has 0 saturated heterocycles. The Morgan fingerprint density at radius 1 is 1.22 bits per heavy atom. The van der Waals surface area contributed by atoms with Crippen LogP contribution in [0.1, 0.15) is 17.2 Å². The average Bonchev–Trinajstić information content (AvgIpc) is 3.26. The lowest BCUT2D eigenvalue weighted by Gasteiger charge is -2.00. The van der Waals surface area contributed by atoms with Gasteiger partial charge in [0.1, 0.15) is 17.8 Å². The highest BCUT2D eigenvalue weighted by Gasteiger charge is 2.09. The molecule has 0 atom stereocenters. The number of hydrogen-bond acceptors (Lipinski definition) is 6. The molecule has 0 radical (unpaired) electrons. The molecule has 0 fully saturated rings. The van der Waals surface area contributed by atoms with Crippen LogP contribution >= 0.6 is 23.1 Å². The van der Waals surface area contributed by atoms with Crippen molar-refractivity contribution in [3.63, 3.8) is 0 Å². The van der Waals surface area contributed by atoms with Crippen LogP contribution < -0.4 is 5.32 Å². The number of oxazole rings is 1. The van der Waals surface area contributed by atoms with Gasteiger partial charge >= 0.3 is 0 Å². The van der Waals surface area contributed by atoms with Crippen LogP contribution in [0.2, 0.25) is 0 Å². The van der Waals surface area contributed by atoms with E-state index in [4.69, 9.17) is 8.83 Å². The largest absolute Gasteiger partial charge is 0.464 e. The van der Waals surface area contributed by atoms with E-state index in [9.17, 15) is 8.78 Å². The number of halogens is 2. The third-order valence-corrected chi connectivity index (χ3v) is 4.52. The fraction of sp³-hybridized carbons (Fsp3) is 0.267. The van der Waals surface area contributed by atoms with Gasteiger partial charge in [-0.25, -0.2) is 4.98 Å². The predicted molar refractivity (Wildman–Crippen MR) is 86.4 cm³/mol. The summed E-state index contributed by atoms with van der Waals surface area (Å²) in [5.41, 5.74) is 0.799. The normalized spacial score (nSPS) is 11.4. The third-order valence-electron chi connectivity index (χ3n) is 2.96. The number of aromatic nitrogens is 1. The van der Waals surface area contributed by atoms with E-state index in [-0.39, 0.29) is 5.75 Å². The van der Waals surface area contributed by atoms with Gasteiger partial charge in [-0.05, 0) is 23.6 Å². The summed E-state index contributed by atoms with van der Waals surface area (Å²) in [7, 11) is 0. The summed E-state index contributed by atoms with van der Waals surface area (Å²) in [6.45, 7) is 1.04. The molecule has 0 saturated carbocycles. The summed E-state index contributed by atoms with van der Waals surface area (Å²) in [6.07, 6.45) is 1.62. The van der Waals surface area contributed by atoms with Gasteiger partial charge in [0.2, 0.25) is 5.89 Å². The summed E-state index contributed by atoms with van der Waals surface area (Å²) >= 11 is 2.12. The lowest BCUT2D eigenvalue weighted by molar-refractivity contribution is 0.251. The van der Waals surface area contributed by atoms with Crippen LogP contribution in [0, 0.1) is 0 Å². The first-order chi connectivity index (χ1) is 11.2. The molecule has 0 aliphatic rings. The number of nitrogens with zero attached hydrogens (tertiary/aromatic N) is 1. The molecule has 3 heterocycles. The molecule has 0 bridgehead atoms. The van der Waals surface area contributed by atoms with Crippen molar-refractivity contribution in [2.75, 3.05) is 0 Å². The minimum atomic E-state index is -2.38. The molecule has 0 amide bonds. The summed E-state index contributed by atoms with van der Waals surface area (Å²) in [4.78, 5) is 5.39. The van der Waals surface area contributed by atoms with Crippen molar-refractivity contribution in [3.05, 3.63) is 53.1 Å². The van der Waals surface area contributed by atoms with E-state index in [2.05, 4.69) is 10.3 Å². The number of thiophene rings is 1. The van der Waals surface area contributed by atoms with E-state index >= 15 is 0 Å². The fourth-order valence-electron chi connectivity index (χ4n) is 1.96. The molecule has 23 heavy (non-hydrogen) atoms. The van der Waals surface area contributed by atoms with Gasteiger partial charge in [0.15, 0.2) is 0 Å². The van der Waals surface area contributed by atoms with Crippen LogP contribution in [0.15, 0.2) is 44.7 Å². The Morgan fingerprint density at radius 2 is 2.09 bits per heavy atom. The van der Waals surface area contributed by atoms with E-state index in [0.29, 0.717) is 42.3 Å². The zero-order valence-corrected chi connectivity index (χ0v) is 13.6. The topological polar surface area (TPSA) is 51.2 Å². The quantitative estimate of drug-likeness (QED) is 0.632. The number of nitrogens with one attached hydrogen (secondary N) is 1. The molecule has 0 aliphatic heterocycles. The van der Waals surface area contributed by atoms with Crippen LogP contribution in [0.5, 0.6) is 0 Å². The number of thioether (sulfide) groups is 1. The van der Waals surface area contributed by atoms with Crippen molar-refractivity contribution >= 4 is 23.1 Å². The second-order valence-electron chi connectivity index (χ2n) is 4.66. The third kappa shape index (κ3) is 4.66. The SMILES string of the molecule is FC(F)SCc1ccc(CNCc2coc(-c3cccs3)n2)o1. The van der Waals surface area contributed by atoms with Crippen LogP contribution in [-0.4, -0.2) is 10.7 Å². The molecule has 0 unspecified atom stereocenters. The molecule has 122 valence electrons. The lowest BCUT2D eigenvalue weighted by Crippen LogP contribution is -2.12. The van der Waals surface area contributed by atoms with Gasteiger partial charge in [0.25, 0.3) is 5.76 Å². The van der Waals surface area contributed by atoms with E-state index < -0.39 is 5.76 Å². The van der Waals surface area contributed by atoms with Crippen molar-refractivity contribution < 1.29 is 17.6 Å². The molecular weight excluding hydrogens is 342 g/mol. The van der Waals surface area contributed by atoms with E-state index in [1.165, 1.54) is 0 Å². The standard InChI is InChI=1S/C15H14F2N2O2S2/c16-15(17)23-9-12-4-3-11(21-12)7-18-6-10-8-20-14(19-10)13-2-1-5-22-13/h1-5,8,15,18H,6-7,9H2. The number of rotatable bonds is 8. The Balaban J connectivity index is 1.46. The van der Waals surface area contributed by atoms with Gasteiger partial charge in [-0.2, -0.15) is 8.78 Å². The van der Waals surface area contributed by atoms with Gasteiger partial charge in [0.05, 0.1) is 22.9 Å². The average molecular weight is 356 g/mol.